The molecule has 8 heteroatoms. The number of benzene rings is 1. The molecule has 1 aromatic carbocycles. The Morgan fingerprint density at radius 1 is 1.03 bits per heavy atom. The Morgan fingerprint density at radius 3 is 2.37 bits per heavy atom. The number of nitrogens with zero attached hydrogens (tertiary/aromatic N) is 5. The van der Waals surface area contributed by atoms with Crippen LogP contribution in [-0.4, -0.2) is 36.3 Å². The molecule has 0 fully saturated rings. The van der Waals surface area contributed by atoms with E-state index in [1.165, 1.54) is 14.7 Å². The Morgan fingerprint density at radius 2 is 1.73 bits per heavy atom. The molecular weight excluding hydrogens is 382 g/mol. The molecule has 0 atom stereocenters. The van der Waals surface area contributed by atoms with Gasteiger partial charge in [-0.1, -0.05) is 19.1 Å². The topological polar surface area (TPSA) is 75.5 Å². The number of imidazole rings is 2. The lowest BCUT2D eigenvalue weighted by molar-refractivity contribution is 0.137. The molecule has 0 bridgehead atoms. The molecule has 0 radical (unpaired) electrons. The van der Waals surface area contributed by atoms with Gasteiger partial charge in [-0.3, -0.25) is 22.9 Å². The van der Waals surface area contributed by atoms with Crippen molar-refractivity contribution in [2.45, 2.75) is 40.7 Å². The van der Waals surface area contributed by atoms with E-state index in [-0.39, 0.29) is 17.8 Å². The lowest BCUT2D eigenvalue weighted by Gasteiger charge is -2.09. The first-order valence-electron chi connectivity index (χ1n) is 10.3. The standard InChI is InChI=1S/C22H27N5O3/c1-6-16-8-10-17(11-9-16)26-14(3)15(4)27-18-19(23-21(26)27)24(5)22(29)25(20(18)28)12-13-30-7-2/h8-11H,6-7,12-13H2,1-5H3. The van der Waals surface area contributed by atoms with Crippen molar-refractivity contribution < 1.29 is 4.74 Å². The molecule has 158 valence electrons. The van der Waals surface area contributed by atoms with Crippen LogP contribution in [0.25, 0.3) is 22.6 Å². The van der Waals surface area contributed by atoms with E-state index < -0.39 is 0 Å². The van der Waals surface area contributed by atoms with Crippen molar-refractivity contribution in [2.24, 2.45) is 7.05 Å². The predicted octanol–water partition coefficient (Wildman–Crippen LogP) is 2.35. The Balaban J connectivity index is 2.03. The first-order valence-corrected chi connectivity index (χ1v) is 10.3. The number of aryl methyl sites for hydroxylation is 3. The van der Waals surface area contributed by atoms with Gasteiger partial charge in [-0.25, -0.2) is 4.79 Å². The summed E-state index contributed by atoms with van der Waals surface area (Å²) in [4.78, 5) is 30.8. The van der Waals surface area contributed by atoms with Crippen molar-refractivity contribution in [1.29, 1.82) is 0 Å². The fraction of sp³-hybridized carbons (Fsp3) is 0.409. The summed E-state index contributed by atoms with van der Waals surface area (Å²) in [6.07, 6.45) is 0.968. The molecule has 0 saturated carbocycles. The Hall–Kier alpha value is -3.13. The molecule has 0 saturated heterocycles. The van der Waals surface area contributed by atoms with Crippen LogP contribution in [0.15, 0.2) is 33.9 Å². The zero-order valence-electron chi connectivity index (χ0n) is 18.1. The summed E-state index contributed by atoms with van der Waals surface area (Å²) >= 11 is 0. The maximum atomic E-state index is 13.3. The summed E-state index contributed by atoms with van der Waals surface area (Å²) < 4.78 is 11.9. The van der Waals surface area contributed by atoms with Crippen LogP contribution >= 0.6 is 0 Å². The van der Waals surface area contributed by atoms with Gasteiger partial charge in [0.2, 0.25) is 5.78 Å². The van der Waals surface area contributed by atoms with Crippen molar-refractivity contribution >= 4 is 16.9 Å². The van der Waals surface area contributed by atoms with Gasteiger partial charge in [-0.2, -0.15) is 4.98 Å². The molecule has 8 nitrogen and oxygen atoms in total. The van der Waals surface area contributed by atoms with Crippen LogP contribution < -0.4 is 11.2 Å². The number of aromatic nitrogens is 5. The highest BCUT2D eigenvalue weighted by Crippen LogP contribution is 2.24. The molecule has 0 spiro atoms. The lowest BCUT2D eigenvalue weighted by atomic mass is 10.1. The van der Waals surface area contributed by atoms with Gasteiger partial charge in [0.05, 0.1) is 13.2 Å². The number of hydrogen-bond donors (Lipinski definition) is 0. The third-order valence-corrected chi connectivity index (χ3v) is 5.79. The summed E-state index contributed by atoms with van der Waals surface area (Å²) in [6, 6.07) is 8.31. The van der Waals surface area contributed by atoms with Gasteiger partial charge in [-0.05, 0) is 44.9 Å². The SMILES string of the molecule is CCOCCn1c(=O)c2c(nc3n(-c4ccc(CC)cc4)c(C)c(C)n23)n(C)c1=O. The van der Waals surface area contributed by atoms with E-state index in [0.717, 1.165) is 23.5 Å². The van der Waals surface area contributed by atoms with Crippen LogP contribution in [-0.2, 0) is 24.8 Å². The third-order valence-electron chi connectivity index (χ3n) is 5.79. The minimum absolute atomic E-state index is 0.208. The largest absolute Gasteiger partial charge is 0.380 e. The molecule has 4 aromatic rings. The first kappa shape index (κ1) is 20.2. The zero-order chi connectivity index (χ0) is 21.6. The summed E-state index contributed by atoms with van der Waals surface area (Å²) in [5.41, 5.74) is 4.20. The predicted molar refractivity (Wildman–Crippen MR) is 117 cm³/mol. The van der Waals surface area contributed by atoms with Crippen LogP contribution in [0.4, 0.5) is 0 Å². The molecule has 0 aliphatic carbocycles. The summed E-state index contributed by atoms with van der Waals surface area (Å²) in [6.45, 7) is 9.03. The fourth-order valence-corrected chi connectivity index (χ4v) is 3.94. The minimum Gasteiger partial charge on any atom is -0.380 e. The monoisotopic (exact) mass is 409 g/mol. The van der Waals surface area contributed by atoms with E-state index in [1.54, 1.807) is 7.05 Å². The van der Waals surface area contributed by atoms with Gasteiger partial charge in [0.1, 0.15) is 0 Å². The number of rotatable bonds is 6. The molecular formula is C22H27N5O3. The Kier molecular flexibility index (Phi) is 5.11. The van der Waals surface area contributed by atoms with Crippen molar-refractivity contribution in [3.8, 4) is 5.69 Å². The Bertz CT molecular complexity index is 1350. The molecule has 0 amide bonds. The van der Waals surface area contributed by atoms with Crippen LogP contribution in [0, 0.1) is 13.8 Å². The maximum absolute atomic E-state index is 13.3. The van der Waals surface area contributed by atoms with E-state index in [9.17, 15) is 9.59 Å². The highest BCUT2D eigenvalue weighted by atomic mass is 16.5. The number of hydrogen-bond acceptors (Lipinski definition) is 4. The second kappa shape index (κ2) is 7.60. The molecule has 0 unspecified atom stereocenters. The van der Waals surface area contributed by atoms with Crippen molar-refractivity contribution in [3.05, 3.63) is 62.1 Å². The van der Waals surface area contributed by atoms with Gasteiger partial charge in [0.15, 0.2) is 11.2 Å². The quantitative estimate of drug-likeness (QED) is 0.458. The Labute approximate surface area is 174 Å². The number of fused-ring (bicyclic) bond motifs is 3. The molecule has 3 aromatic heterocycles. The first-order chi connectivity index (χ1) is 14.4. The number of ether oxygens (including phenoxy) is 1. The van der Waals surface area contributed by atoms with Gasteiger partial charge < -0.3 is 4.74 Å². The van der Waals surface area contributed by atoms with Gasteiger partial charge in [-0.15, -0.1) is 0 Å². The van der Waals surface area contributed by atoms with E-state index in [2.05, 4.69) is 31.2 Å². The maximum Gasteiger partial charge on any atom is 0.332 e. The lowest BCUT2D eigenvalue weighted by Crippen LogP contribution is -2.40. The second-order valence-corrected chi connectivity index (χ2v) is 7.44. The molecule has 0 N–H and O–H groups in total. The van der Waals surface area contributed by atoms with Gasteiger partial charge in [0, 0.05) is 30.7 Å². The summed E-state index contributed by atoms with van der Waals surface area (Å²) in [5, 5.41) is 0. The van der Waals surface area contributed by atoms with Crippen LogP contribution in [0.1, 0.15) is 30.8 Å². The third kappa shape index (κ3) is 2.90. The van der Waals surface area contributed by atoms with Crippen LogP contribution in [0.3, 0.4) is 0 Å². The van der Waals surface area contributed by atoms with Crippen molar-refractivity contribution in [1.82, 2.24) is 23.1 Å². The molecule has 4 rings (SSSR count). The van der Waals surface area contributed by atoms with E-state index in [4.69, 9.17) is 9.72 Å². The minimum atomic E-state index is -0.388. The van der Waals surface area contributed by atoms with Gasteiger partial charge >= 0.3 is 5.69 Å². The smallest absolute Gasteiger partial charge is 0.332 e. The average Bonchev–Trinajstić information content (AvgIpc) is 3.25. The van der Waals surface area contributed by atoms with E-state index in [0.29, 0.717) is 30.2 Å². The molecule has 30 heavy (non-hydrogen) atoms. The van der Waals surface area contributed by atoms with Crippen molar-refractivity contribution in [2.75, 3.05) is 13.2 Å². The highest BCUT2D eigenvalue weighted by molar-refractivity contribution is 5.77. The molecule has 3 heterocycles. The van der Waals surface area contributed by atoms with Crippen molar-refractivity contribution in [3.63, 3.8) is 0 Å². The van der Waals surface area contributed by atoms with E-state index in [1.807, 2.05) is 29.7 Å². The van der Waals surface area contributed by atoms with E-state index >= 15 is 0 Å². The normalized spacial score (nSPS) is 11.8. The molecule has 0 aliphatic rings. The van der Waals surface area contributed by atoms with Gasteiger partial charge in [0.25, 0.3) is 5.56 Å². The zero-order valence-corrected chi connectivity index (χ0v) is 18.1. The second-order valence-electron chi connectivity index (χ2n) is 7.44. The molecule has 0 aliphatic heterocycles. The average molecular weight is 409 g/mol. The highest BCUT2D eigenvalue weighted by Gasteiger charge is 2.23. The fourth-order valence-electron chi connectivity index (χ4n) is 3.94. The van der Waals surface area contributed by atoms with Crippen LogP contribution in [0.2, 0.25) is 0 Å². The summed E-state index contributed by atoms with van der Waals surface area (Å²) in [5.74, 6) is 0.624. The van der Waals surface area contributed by atoms with Crippen LogP contribution in [0.5, 0.6) is 0 Å². The summed E-state index contributed by atoms with van der Waals surface area (Å²) in [7, 11) is 1.65.